The predicted molar refractivity (Wildman–Crippen MR) is 73.8 cm³/mol. The van der Waals surface area contributed by atoms with E-state index < -0.39 is 0 Å². The molecule has 0 fully saturated rings. The van der Waals surface area contributed by atoms with Gasteiger partial charge in [-0.05, 0) is 17.9 Å². The normalized spacial score (nSPS) is 19.6. The first-order chi connectivity index (χ1) is 8.27. The number of β-amino-alcohol motifs (C(OH)–C–C–N with tert-alkyl or cyclic N) is 1. The molecule has 1 atom stereocenters. The van der Waals surface area contributed by atoms with Crippen LogP contribution in [0.3, 0.4) is 0 Å². The topological polar surface area (TPSA) is 35.8 Å². The Kier molecular flexibility index (Phi) is 4.31. The molecule has 0 amide bonds. The van der Waals surface area contributed by atoms with Gasteiger partial charge in [0.15, 0.2) is 5.17 Å². The van der Waals surface area contributed by atoms with Crippen LogP contribution in [0.1, 0.15) is 11.6 Å². The number of aliphatic hydroxyl groups is 1. The highest BCUT2D eigenvalue weighted by molar-refractivity contribution is 8.13. The van der Waals surface area contributed by atoms with Crippen LogP contribution in [0.5, 0.6) is 0 Å². The van der Waals surface area contributed by atoms with Gasteiger partial charge in [-0.2, -0.15) is 0 Å². The monoisotopic (exact) mass is 270 g/mol. The van der Waals surface area contributed by atoms with Crippen LogP contribution in [0.4, 0.5) is 0 Å². The van der Waals surface area contributed by atoms with E-state index in [-0.39, 0.29) is 12.6 Å². The molecule has 1 heterocycles. The molecule has 1 aromatic carbocycles. The van der Waals surface area contributed by atoms with Crippen molar-refractivity contribution in [1.82, 2.24) is 4.90 Å². The zero-order valence-electron chi connectivity index (χ0n) is 9.64. The fraction of sp³-hybridized carbons (Fsp3) is 0.417. The van der Waals surface area contributed by atoms with E-state index in [1.165, 1.54) is 0 Å². The summed E-state index contributed by atoms with van der Waals surface area (Å²) >= 11 is 7.82. The van der Waals surface area contributed by atoms with E-state index in [1.807, 2.05) is 30.5 Å². The van der Waals surface area contributed by atoms with Crippen molar-refractivity contribution in [3.8, 4) is 0 Å². The van der Waals surface area contributed by atoms with Gasteiger partial charge in [0.1, 0.15) is 0 Å². The largest absolute Gasteiger partial charge is 0.395 e. The number of aliphatic hydroxyl groups excluding tert-OH is 1. The Labute approximate surface area is 110 Å². The van der Waals surface area contributed by atoms with Gasteiger partial charge in [0.05, 0.1) is 19.2 Å². The third kappa shape index (κ3) is 2.59. The summed E-state index contributed by atoms with van der Waals surface area (Å²) in [5.74, 6) is 0. The Balaban J connectivity index is 2.25. The van der Waals surface area contributed by atoms with Gasteiger partial charge in [-0.25, -0.2) is 0 Å². The minimum Gasteiger partial charge on any atom is -0.395 e. The number of hydrogen-bond donors (Lipinski definition) is 1. The van der Waals surface area contributed by atoms with Gasteiger partial charge in [-0.1, -0.05) is 41.6 Å². The van der Waals surface area contributed by atoms with Gasteiger partial charge in [0.25, 0.3) is 0 Å². The molecule has 17 heavy (non-hydrogen) atoms. The number of benzene rings is 1. The Morgan fingerprint density at radius 1 is 1.53 bits per heavy atom. The first kappa shape index (κ1) is 12.7. The molecule has 1 aliphatic heterocycles. The van der Waals surface area contributed by atoms with Crippen molar-refractivity contribution in [2.24, 2.45) is 4.99 Å². The molecule has 0 aromatic heterocycles. The van der Waals surface area contributed by atoms with Crippen molar-refractivity contribution >= 4 is 28.5 Å². The van der Waals surface area contributed by atoms with Crippen molar-refractivity contribution in [2.45, 2.75) is 6.04 Å². The summed E-state index contributed by atoms with van der Waals surface area (Å²) in [4.78, 5) is 6.61. The summed E-state index contributed by atoms with van der Waals surface area (Å²) in [6.45, 7) is 1.43. The molecular weight excluding hydrogens is 256 g/mol. The molecule has 1 aromatic rings. The quantitative estimate of drug-likeness (QED) is 0.916. The standard InChI is InChI=1S/C12H15ClN2OS/c1-17-12-14-8-11(15(12)6-7-16)9-4-2-3-5-10(9)13/h2-5,11,16H,6-8H2,1H3. The molecule has 1 aliphatic rings. The van der Waals surface area contributed by atoms with Crippen LogP contribution in [-0.2, 0) is 0 Å². The molecule has 0 spiro atoms. The summed E-state index contributed by atoms with van der Waals surface area (Å²) in [6.07, 6.45) is 2.00. The molecule has 0 aliphatic carbocycles. The summed E-state index contributed by atoms with van der Waals surface area (Å²) < 4.78 is 0. The summed E-state index contributed by atoms with van der Waals surface area (Å²) in [5, 5.41) is 10.9. The second kappa shape index (κ2) is 5.76. The lowest BCUT2D eigenvalue weighted by Crippen LogP contribution is -2.32. The SMILES string of the molecule is CSC1=NCC(c2ccccc2Cl)N1CCO. The molecule has 1 unspecified atom stereocenters. The maximum absolute atomic E-state index is 9.14. The highest BCUT2D eigenvalue weighted by Crippen LogP contribution is 2.33. The van der Waals surface area contributed by atoms with E-state index in [9.17, 15) is 0 Å². The van der Waals surface area contributed by atoms with E-state index >= 15 is 0 Å². The summed E-state index contributed by atoms with van der Waals surface area (Å²) in [7, 11) is 0. The van der Waals surface area contributed by atoms with Gasteiger partial charge in [-0.3, -0.25) is 4.99 Å². The first-order valence-corrected chi connectivity index (χ1v) is 7.08. The van der Waals surface area contributed by atoms with Crippen LogP contribution in [0, 0.1) is 0 Å². The molecule has 5 heteroatoms. The highest BCUT2D eigenvalue weighted by atomic mass is 35.5. The molecule has 0 bridgehead atoms. The number of rotatable bonds is 3. The zero-order chi connectivity index (χ0) is 12.3. The van der Waals surface area contributed by atoms with Crippen LogP contribution < -0.4 is 0 Å². The molecule has 1 N–H and O–H groups in total. The predicted octanol–water partition coefficient (Wildman–Crippen LogP) is 2.41. The minimum atomic E-state index is 0.126. The first-order valence-electron chi connectivity index (χ1n) is 5.48. The van der Waals surface area contributed by atoms with Gasteiger partial charge in [-0.15, -0.1) is 0 Å². The van der Waals surface area contributed by atoms with Crippen LogP contribution in [0.25, 0.3) is 0 Å². The van der Waals surface area contributed by atoms with Crippen molar-refractivity contribution in [3.63, 3.8) is 0 Å². The average Bonchev–Trinajstić information content (AvgIpc) is 2.73. The summed E-state index contributed by atoms with van der Waals surface area (Å²) in [6, 6.07) is 7.97. The maximum Gasteiger partial charge on any atom is 0.159 e. The molecule has 92 valence electrons. The Morgan fingerprint density at radius 2 is 2.29 bits per heavy atom. The van der Waals surface area contributed by atoms with Gasteiger partial charge < -0.3 is 10.0 Å². The zero-order valence-corrected chi connectivity index (χ0v) is 11.2. The highest BCUT2D eigenvalue weighted by Gasteiger charge is 2.29. The van der Waals surface area contributed by atoms with E-state index in [0.29, 0.717) is 13.1 Å². The fourth-order valence-electron chi connectivity index (χ4n) is 2.04. The van der Waals surface area contributed by atoms with Crippen LogP contribution in [0.2, 0.25) is 5.02 Å². The minimum absolute atomic E-state index is 0.126. The number of aliphatic imine (C=N–C) groups is 1. The third-order valence-electron chi connectivity index (χ3n) is 2.81. The lowest BCUT2D eigenvalue weighted by atomic mass is 10.1. The molecule has 0 radical (unpaired) electrons. The Bertz CT molecular complexity index is 425. The second-order valence-corrected chi connectivity index (χ2v) is 4.96. The fourth-order valence-corrected chi connectivity index (χ4v) is 2.96. The molecule has 2 rings (SSSR count). The number of nitrogens with zero attached hydrogens (tertiary/aromatic N) is 2. The Hall–Kier alpha value is -0.710. The number of halogens is 1. The van der Waals surface area contributed by atoms with Crippen molar-refractivity contribution in [3.05, 3.63) is 34.9 Å². The van der Waals surface area contributed by atoms with Gasteiger partial charge in [0, 0.05) is 11.6 Å². The lowest BCUT2D eigenvalue weighted by molar-refractivity contribution is 0.233. The molecular formula is C12H15ClN2OS. The van der Waals surface area contributed by atoms with E-state index in [4.69, 9.17) is 16.7 Å². The number of thioether (sulfide) groups is 1. The van der Waals surface area contributed by atoms with Crippen molar-refractivity contribution < 1.29 is 5.11 Å². The lowest BCUT2D eigenvalue weighted by Gasteiger charge is -2.27. The molecule has 0 saturated carbocycles. The van der Waals surface area contributed by atoms with Crippen LogP contribution in [0.15, 0.2) is 29.3 Å². The van der Waals surface area contributed by atoms with Crippen LogP contribution in [-0.4, -0.2) is 41.1 Å². The van der Waals surface area contributed by atoms with Crippen LogP contribution >= 0.6 is 23.4 Å². The number of hydrogen-bond acceptors (Lipinski definition) is 4. The van der Waals surface area contributed by atoms with Crippen molar-refractivity contribution in [2.75, 3.05) is 26.0 Å². The average molecular weight is 271 g/mol. The van der Waals surface area contributed by atoms with E-state index in [2.05, 4.69) is 9.89 Å². The molecule has 3 nitrogen and oxygen atoms in total. The number of amidine groups is 1. The smallest absolute Gasteiger partial charge is 0.159 e. The third-order valence-corrected chi connectivity index (χ3v) is 3.88. The Morgan fingerprint density at radius 3 is 2.94 bits per heavy atom. The van der Waals surface area contributed by atoms with Crippen molar-refractivity contribution in [1.29, 1.82) is 0 Å². The summed E-state index contributed by atoms with van der Waals surface area (Å²) in [5.41, 5.74) is 1.08. The van der Waals surface area contributed by atoms with E-state index in [1.54, 1.807) is 11.8 Å². The maximum atomic E-state index is 9.14. The van der Waals surface area contributed by atoms with Gasteiger partial charge >= 0.3 is 0 Å². The molecule has 0 saturated heterocycles. The van der Waals surface area contributed by atoms with Gasteiger partial charge in [0.2, 0.25) is 0 Å². The van der Waals surface area contributed by atoms with E-state index in [0.717, 1.165) is 15.8 Å². The second-order valence-electron chi connectivity index (χ2n) is 3.78.